The fraction of sp³-hybridized carbons (Fsp3) is 0.364. The molecule has 3 aliphatic rings. The number of fused-ring (bicyclic) bond motifs is 1. The molecule has 0 aliphatic carbocycles. The zero-order chi connectivity index (χ0) is 19.1. The van der Waals surface area contributed by atoms with Gasteiger partial charge in [0.15, 0.2) is 11.5 Å². The second kappa shape index (κ2) is 6.54. The van der Waals surface area contributed by atoms with Gasteiger partial charge in [0.2, 0.25) is 12.7 Å². The van der Waals surface area contributed by atoms with Crippen LogP contribution in [0, 0.1) is 16.7 Å². The Hall–Kier alpha value is -3.04. The molecule has 2 fully saturated rings. The molecule has 6 nitrogen and oxygen atoms in total. The third kappa shape index (κ3) is 2.79. The minimum atomic E-state index is -0.221. The molecule has 0 N–H and O–H groups in total. The van der Waals surface area contributed by atoms with E-state index in [4.69, 9.17) is 14.7 Å². The van der Waals surface area contributed by atoms with Gasteiger partial charge in [-0.25, -0.2) is 0 Å². The third-order valence-corrected chi connectivity index (χ3v) is 6.10. The van der Waals surface area contributed by atoms with Crippen LogP contribution in [0.1, 0.15) is 24.0 Å². The van der Waals surface area contributed by atoms with Gasteiger partial charge in [-0.2, -0.15) is 5.26 Å². The highest BCUT2D eigenvalue weighted by Gasteiger charge is 2.53. The van der Waals surface area contributed by atoms with Crippen LogP contribution in [0.5, 0.6) is 11.5 Å². The molecule has 1 amide bonds. The molecular weight excluding hydrogens is 354 g/mol. The highest BCUT2D eigenvalue weighted by atomic mass is 16.7. The average molecular weight is 375 g/mol. The quantitative estimate of drug-likeness (QED) is 0.772. The standard InChI is InChI=1S/C22H21N3O3/c23-12-16-2-1-3-17(10-16)13-24-8-6-22(7-9-24)14-25(21(22)26)18-4-5-19-20(11-18)28-15-27-19/h1-5,10-11H,6-9,13-15H2. The summed E-state index contributed by atoms with van der Waals surface area (Å²) in [5, 5.41) is 9.06. The van der Waals surface area contributed by atoms with Crippen LogP contribution in [0.15, 0.2) is 42.5 Å². The third-order valence-electron chi connectivity index (χ3n) is 6.10. The van der Waals surface area contributed by atoms with Gasteiger partial charge in [0.25, 0.3) is 0 Å². The summed E-state index contributed by atoms with van der Waals surface area (Å²) in [5.74, 6) is 1.67. The van der Waals surface area contributed by atoms with E-state index in [1.165, 1.54) is 0 Å². The molecule has 0 bridgehead atoms. The maximum Gasteiger partial charge on any atom is 0.235 e. The van der Waals surface area contributed by atoms with Gasteiger partial charge < -0.3 is 14.4 Å². The van der Waals surface area contributed by atoms with Crippen LogP contribution < -0.4 is 14.4 Å². The molecule has 0 saturated carbocycles. The van der Waals surface area contributed by atoms with Gasteiger partial charge in [0, 0.05) is 24.8 Å². The van der Waals surface area contributed by atoms with Gasteiger partial charge in [-0.3, -0.25) is 9.69 Å². The Bertz CT molecular complexity index is 973. The minimum Gasteiger partial charge on any atom is -0.454 e. The normalized spacial score (nSPS) is 20.1. The first kappa shape index (κ1) is 17.1. The van der Waals surface area contributed by atoms with Crippen LogP contribution >= 0.6 is 0 Å². The molecule has 3 heterocycles. The molecule has 2 aromatic rings. The Morgan fingerprint density at radius 1 is 1.07 bits per heavy atom. The minimum absolute atomic E-state index is 0.220. The summed E-state index contributed by atoms with van der Waals surface area (Å²) < 4.78 is 10.8. The highest BCUT2D eigenvalue weighted by Crippen LogP contribution is 2.46. The number of β-lactam (4-membered cyclic amide) rings is 1. The van der Waals surface area contributed by atoms with Gasteiger partial charge >= 0.3 is 0 Å². The van der Waals surface area contributed by atoms with Crippen molar-refractivity contribution in [1.29, 1.82) is 5.26 Å². The van der Waals surface area contributed by atoms with Crippen molar-refractivity contribution in [2.45, 2.75) is 19.4 Å². The second-order valence-electron chi connectivity index (χ2n) is 7.80. The maximum atomic E-state index is 13.0. The molecule has 2 saturated heterocycles. The molecule has 1 spiro atoms. The average Bonchev–Trinajstić information content (AvgIpc) is 3.21. The predicted molar refractivity (Wildman–Crippen MR) is 103 cm³/mol. The van der Waals surface area contributed by atoms with Crippen LogP contribution in [0.25, 0.3) is 0 Å². The van der Waals surface area contributed by atoms with Crippen molar-refractivity contribution in [2.24, 2.45) is 5.41 Å². The smallest absolute Gasteiger partial charge is 0.235 e. The molecule has 28 heavy (non-hydrogen) atoms. The fourth-order valence-electron chi connectivity index (χ4n) is 4.41. The second-order valence-corrected chi connectivity index (χ2v) is 7.80. The number of benzene rings is 2. The first-order valence-electron chi connectivity index (χ1n) is 9.60. The fourth-order valence-corrected chi connectivity index (χ4v) is 4.41. The lowest BCUT2D eigenvalue weighted by Gasteiger charge is -2.52. The van der Waals surface area contributed by atoms with Crippen molar-refractivity contribution in [3.05, 3.63) is 53.6 Å². The van der Waals surface area contributed by atoms with Gasteiger partial charge in [0.1, 0.15) is 0 Å². The zero-order valence-corrected chi connectivity index (χ0v) is 15.6. The van der Waals surface area contributed by atoms with Gasteiger partial charge in [-0.05, 0) is 55.8 Å². The number of hydrogen-bond donors (Lipinski definition) is 0. The van der Waals surface area contributed by atoms with Crippen LogP contribution in [-0.4, -0.2) is 37.2 Å². The molecule has 0 radical (unpaired) electrons. The molecular formula is C22H21N3O3. The van der Waals surface area contributed by atoms with E-state index in [1.807, 2.05) is 41.3 Å². The van der Waals surface area contributed by atoms with E-state index in [0.717, 1.165) is 56.0 Å². The summed E-state index contributed by atoms with van der Waals surface area (Å²) in [4.78, 5) is 17.2. The summed E-state index contributed by atoms with van der Waals surface area (Å²) in [7, 11) is 0. The predicted octanol–water partition coefficient (Wildman–Crippen LogP) is 2.92. The first-order valence-corrected chi connectivity index (χ1v) is 9.60. The van der Waals surface area contributed by atoms with E-state index in [2.05, 4.69) is 17.0 Å². The topological polar surface area (TPSA) is 65.8 Å². The number of piperidine rings is 1. The number of carbonyl (C=O) groups excluding carboxylic acids is 1. The number of hydrogen-bond acceptors (Lipinski definition) is 5. The van der Waals surface area contributed by atoms with E-state index in [-0.39, 0.29) is 18.1 Å². The highest BCUT2D eigenvalue weighted by molar-refractivity contribution is 6.04. The van der Waals surface area contributed by atoms with Crippen LogP contribution in [-0.2, 0) is 11.3 Å². The van der Waals surface area contributed by atoms with Gasteiger partial charge in [-0.15, -0.1) is 0 Å². The molecule has 6 heteroatoms. The summed E-state index contributed by atoms with van der Waals surface area (Å²) in [5.41, 5.74) is 2.51. The summed E-state index contributed by atoms with van der Waals surface area (Å²) in [6.07, 6.45) is 1.76. The lowest BCUT2D eigenvalue weighted by molar-refractivity contribution is -0.138. The number of amides is 1. The summed E-state index contributed by atoms with van der Waals surface area (Å²) >= 11 is 0. The molecule has 0 aromatic heterocycles. The molecule has 0 atom stereocenters. The Kier molecular flexibility index (Phi) is 3.99. The number of anilines is 1. The van der Waals surface area contributed by atoms with Gasteiger partial charge in [-0.1, -0.05) is 12.1 Å². The molecule has 142 valence electrons. The number of likely N-dealkylation sites (tertiary alicyclic amines) is 1. The van der Waals surface area contributed by atoms with E-state index in [9.17, 15) is 4.79 Å². The van der Waals surface area contributed by atoms with Crippen molar-refractivity contribution < 1.29 is 14.3 Å². The monoisotopic (exact) mass is 375 g/mol. The van der Waals surface area contributed by atoms with E-state index in [0.29, 0.717) is 11.3 Å². The number of nitriles is 1. The molecule has 3 aliphatic heterocycles. The Morgan fingerprint density at radius 3 is 2.68 bits per heavy atom. The number of ether oxygens (including phenoxy) is 2. The van der Waals surface area contributed by atoms with E-state index in [1.54, 1.807) is 0 Å². The molecule has 2 aromatic carbocycles. The van der Waals surface area contributed by atoms with Gasteiger partial charge in [0.05, 0.1) is 17.0 Å². The molecule has 0 unspecified atom stereocenters. The zero-order valence-electron chi connectivity index (χ0n) is 15.6. The van der Waals surface area contributed by atoms with E-state index < -0.39 is 0 Å². The summed E-state index contributed by atoms with van der Waals surface area (Å²) in [6.45, 7) is 3.63. The SMILES string of the molecule is N#Cc1cccc(CN2CCC3(CC2)CN(c2ccc4c(c2)OCO4)C3=O)c1. The largest absolute Gasteiger partial charge is 0.454 e. The van der Waals surface area contributed by atoms with Crippen LogP contribution in [0.2, 0.25) is 0 Å². The van der Waals surface area contributed by atoms with Crippen LogP contribution in [0.4, 0.5) is 5.69 Å². The van der Waals surface area contributed by atoms with Crippen molar-refractivity contribution >= 4 is 11.6 Å². The van der Waals surface area contributed by atoms with Crippen molar-refractivity contribution in [3.63, 3.8) is 0 Å². The maximum absolute atomic E-state index is 13.0. The Balaban J connectivity index is 1.21. The van der Waals surface area contributed by atoms with Crippen molar-refractivity contribution in [3.8, 4) is 17.6 Å². The lowest BCUT2D eigenvalue weighted by atomic mass is 9.70. The molecule has 5 rings (SSSR count). The number of rotatable bonds is 3. The number of carbonyl (C=O) groups is 1. The first-order chi connectivity index (χ1) is 13.7. The van der Waals surface area contributed by atoms with Crippen molar-refractivity contribution in [2.75, 3.05) is 31.3 Å². The number of nitrogens with zero attached hydrogens (tertiary/aromatic N) is 3. The Morgan fingerprint density at radius 2 is 1.89 bits per heavy atom. The lowest BCUT2D eigenvalue weighted by Crippen LogP contribution is -2.64. The summed E-state index contributed by atoms with van der Waals surface area (Å²) in [6, 6.07) is 15.6. The Labute approximate surface area is 163 Å². The van der Waals surface area contributed by atoms with Crippen molar-refractivity contribution in [1.82, 2.24) is 4.90 Å². The van der Waals surface area contributed by atoms with Crippen LogP contribution in [0.3, 0.4) is 0 Å². The van der Waals surface area contributed by atoms with E-state index >= 15 is 0 Å².